The molecular formula is C12H13N3OS2. The van der Waals surface area contributed by atoms with Gasteiger partial charge in [-0.3, -0.25) is 4.79 Å². The van der Waals surface area contributed by atoms with E-state index in [4.69, 9.17) is 0 Å². The van der Waals surface area contributed by atoms with E-state index in [2.05, 4.69) is 27.6 Å². The van der Waals surface area contributed by atoms with Crippen molar-refractivity contribution in [3.63, 3.8) is 0 Å². The Balaban J connectivity index is 1.85. The van der Waals surface area contributed by atoms with Gasteiger partial charge >= 0.3 is 0 Å². The number of aromatic nitrogens is 2. The highest BCUT2D eigenvalue weighted by Gasteiger charge is 2.05. The minimum absolute atomic E-state index is 0.147. The maximum Gasteiger partial charge on any atom is 0.206 e. The molecule has 0 saturated carbocycles. The second-order valence-corrected chi connectivity index (χ2v) is 5.90. The second-order valence-electron chi connectivity index (χ2n) is 3.70. The van der Waals surface area contributed by atoms with E-state index in [-0.39, 0.29) is 5.78 Å². The molecule has 18 heavy (non-hydrogen) atoms. The van der Waals surface area contributed by atoms with Crippen LogP contribution in [0.25, 0.3) is 0 Å². The lowest BCUT2D eigenvalue weighted by atomic mass is 10.2. The molecule has 0 unspecified atom stereocenters. The molecule has 1 aromatic heterocycles. The zero-order chi connectivity index (χ0) is 12.8. The molecule has 0 bridgehead atoms. The third-order valence-electron chi connectivity index (χ3n) is 2.09. The molecule has 0 saturated heterocycles. The molecule has 0 atom stereocenters. The predicted octanol–water partition coefficient (Wildman–Crippen LogP) is 2.83. The molecule has 0 aliphatic heterocycles. The number of anilines is 1. The van der Waals surface area contributed by atoms with E-state index in [1.807, 2.05) is 18.2 Å². The first kappa shape index (κ1) is 13.0. The fraction of sp³-hybridized carbons (Fsp3) is 0.250. The number of carbonyl (C=O) groups is 1. The van der Waals surface area contributed by atoms with E-state index in [1.165, 1.54) is 28.7 Å². The Morgan fingerprint density at radius 3 is 2.83 bits per heavy atom. The fourth-order valence-corrected chi connectivity index (χ4v) is 2.82. The van der Waals surface area contributed by atoms with Crippen LogP contribution in [-0.4, -0.2) is 21.7 Å². The Bertz CT molecular complexity index is 513. The number of ketones is 1. The number of carbonyl (C=O) groups excluding carboxylic acids is 1. The van der Waals surface area contributed by atoms with Crippen molar-refractivity contribution in [3.8, 4) is 0 Å². The number of hydrogen-bond acceptors (Lipinski definition) is 6. The number of benzene rings is 1. The van der Waals surface area contributed by atoms with Crippen LogP contribution in [0.1, 0.15) is 12.5 Å². The topological polar surface area (TPSA) is 54.9 Å². The van der Waals surface area contributed by atoms with E-state index in [0.717, 1.165) is 16.0 Å². The molecule has 2 aromatic rings. The fourth-order valence-electron chi connectivity index (χ4n) is 1.28. The molecular weight excluding hydrogens is 266 g/mol. The lowest BCUT2D eigenvalue weighted by Gasteiger charge is -2.00. The molecule has 0 aliphatic carbocycles. The molecule has 0 fully saturated rings. The quantitative estimate of drug-likeness (QED) is 0.824. The summed E-state index contributed by atoms with van der Waals surface area (Å²) in [6.07, 6.45) is 0. The second kappa shape index (κ2) is 6.51. The van der Waals surface area contributed by atoms with Crippen LogP contribution in [0, 0.1) is 0 Å². The van der Waals surface area contributed by atoms with Gasteiger partial charge < -0.3 is 5.32 Å². The van der Waals surface area contributed by atoms with Crippen LogP contribution in [0.2, 0.25) is 0 Å². The van der Waals surface area contributed by atoms with Gasteiger partial charge in [-0.05, 0) is 12.5 Å². The summed E-state index contributed by atoms with van der Waals surface area (Å²) >= 11 is 2.90. The zero-order valence-corrected chi connectivity index (χ0v) is 11.6. The lowest BCUT2D eigenvalue weighted by Crippen LogP contribution is -1.98. The van der Waals surface area contributed by atoms with Gasteiger partial charge in [-0.15, -0.1) is 10.2 Å². The number of rotatable bonds is 6. The minimum atomic E-state index is 0.147. The summed E-state index contributed by atoms with van der Waals surface area (Å²) in [7, 11) is 0. The number of nitrogens with one attached hydrogen (secondary N) is 1. The first-order valence-corrected chi connectivity index (χ1v) is 7.28. The summed E-state index contributed by atoms with van der Waals surface area (Å²) < 4.78 is 0.820. The van der Waals surface area contributed by atoms with Crippen LogP contribution in [0.4, 0.5) is 5.13 Å². The smallest absolute Gasteiger partial charge is 0.206 e. The van der Waals surface area contributed by atoms with Crippen LogP contribution in [0.15, 0.2) is 34.7 Å². The monoisotopic (exact) mass is 279 g/mol. The van der Waals surface area contributed by atoms with Crippen molar-refractivity contribution in [2.45, 2.75) is 17.8 Å². The van der Waals surface area contributed by atoms with Crippen LogP contribution in [-0.2, 0) is 11.3 Å². The van der Waals surface area contributed by atoms with Gasteiger partial charge in [0, 0.05) is 6.54 Å². The highest BCUT2D eigenvalue weighted by molar-refractivity contribution is 8.01. The van der Waals surface area contributed by atoms with Crippen molar-refractivity contribution in [1.29, 1.82) is 0 Å². The van der Waals surface area contributed by atoms with Gasteiger partial charge in [0.15, 0.2) is 4.34 Å². The Kier molecular flexibility index (Phi) is 4.72. The van der Waals surface area contributed by atoms with Crippen molar-refractivity contribution in [2.75, 3.05) is 11.1 Å². The van der Waals surface area contributed by atoms with Crippen molar-refractivity contribution in [3.05, 3.63) is 35.9 Å². The van der Waals surface area contributed by atoms with Gasteiger partial charge in [0.05, 0.1) is 5.75 Å². The normalized spacial score (nSPS) is 10.3. The van der Waals surface area contributed by atoms with Crippen LogP contribution < -0.4 is 5.32 Å². The molecule has 0 spiro atoms. The largest absolute Gasteiger partial charge is 0.356 e. The van der Waals surface area contributed by atoms with E-state index in [1.54, 1.807) is 6.92 Å². The van der Waals surface area contributed by atoms with E-state index in [0.29, 0.717) is 5.75 Å². The maximum absolute atomic E-state index is 10.9. The first-order valence-electron chi connectivity index (χ1n) is 5.47. The van der Waals surface area contributed by atoms with Gasteiger partial charge in [0.2, 0.25) is 5.13 Å². The molecule has 1 N–H and O–H groups in total. The number of Topliss-reactive ketones (excluding diaryl/α,β-unsaturated/α-hetero) is 1. The summed E-state index contributed by atoms with van der Waals surface area (Å²) in [5.74, 6) is 0.599. The Hall–Kier alpha value is -1.40. The highest BCUT2D eigenvalue weighted by atomic mass is 32.2. The molecule has 6 heteroatoms. The molecule has 0 radical (unpaired) electrons. The number of nitrogens with zero attached hydrogens (tertiary/aromatic N) is 2. The molecule has 0 aliphatic rings. The van der Waals surface area contributed by atoms with Crippen molar-refractivity contribution < 1.29 is 4.79 Å². The summed E-state index contributed by atoms with van der Waals surface area (Å²) in [5.41, 5.74) is 1.20. The third-order valence-corrected chi connectivity index (χ3v) is 4.25. The van der Waals surface area contributed by atoms with Crippen molar-refractivity contribution in [1.82, 2.24) is 10.2 Å². The molecule has 1 heterocycles. The first-order chi connectivity index (χ1) is 8.74. The molecule has 4 nitrogen and oxygen atoms in total. The van der Waals surface area contributed by atoms with Crippen LogP contribution in [0.5, 0.6) is 0 Å². The number of hydrogen-bond donors (Lipinski definition) is 1. The average molecular weight is 279 g/mol. The third kappa shape index (κ3) is 4.12. The summed E-state index contributed by atoms with van der Waals surface area (Å²) in [4.78, 5) is 10.9. The van der Waals surface area contributed by atoms with E-state index >= 15 is 0 Å². The lowest BCUT2D eigenvalue weighted by molar-refractivity contribution is -0.114. The van der Waals surface area contributed by atoms with Gasteiger partial charge in [0.1, 0.15) is 5.78 Å². The minimum Gasteiger partial charge on any atom is -0.356 e. The van der Waals surface area contributed by atoms with E-state index < -0.39 is 0 Å². The molecule has 1 aromatic carbocycles. The summed E-state index contributed by atoms with van der Waals surface area (Å²) in [5, 5.41) is 12.0. The van der Waals surface area contributed by atoms with Crippen LogP contribution >= 0.6 is 23.1 Å². The predicted molar refractivity (Wildman–Crippen MR) is 75.1 cm³/mol. The summed E-state index contributed by atoms with van der Waals surface area (Å²) in [6.45, 7) is 2.30. The standard InChI is InChI=1S/C12H13N3OS2/c1-9(16)8-17-12-15-14-11(18-12)13-7-10-5-3-2-4-6-10/h2-6H,7-8H2,1H3,(H,13,14). The highest BCUT2D eigenvalue weighted by Crippen LogP contribution is 2.25. The van der Waals surface area contributed by atoms with Gasteiger partial charge in [-0.1, -0.05) is 53.4 Å². The van der Waals surface area contributed by atoms with Crippen LogP contribution in [0.3, 0.4) is 0 Å². The Labute approximate surface area is 114 Å². The van der Waals surface area contributed by atoms with Gasteiger partial charge in [-0.25, -0.2) is 0 Å². The van der Waals surface area contributed by atoms with Gasteiger partial charge in [-0.2, -0.15) is 0 Å². The Morgan fingerprint density at radius 1 is 1.33 bits per heavy atom. The van der Waals surface area contributed by atoms with E-state index in [9.17, 15) is 4.79 Å². The summed E-state index contributed by atoms with van der Waals surface area (Å²) in [6, 6.07) is 10.1. The number of thioether (sulfide) groups is 1. The average Bonchev–Trinajstić information content (AvgIpc) is 2.83. The molecule has 2 rings (SSSR count). The molecule has 0 amide bonds. The maximum atomic E-state index is 10.9. The van der Waals surface area contributed by atoms with Crippen molar-refractivity contribution >= 4 is 34.0 Å². The molecule has 94 valence electrons. The van der Waals surface area contributed by atoms with Gasteiger partial charge in [0.25, 0.3) is 0 Å². The zero-order valence-electron chi connectivity index (χ0n) is 9.92. The Morgan fingerprint density at radius 2 is 2.11 bits per heavy atom. The SMILES string of the molecule is CC(=O)CSc1nnc(NCc2ccccc2)s1. The van der Waals surface area contributed by atoms with Crippen molar-refractivity contribution in [2.24, 2.45) is 0 Å².